The number of nitrogens with one attached hydrogen (secondary N) is 2. The molecule has 260 valence electrons. The first kappa shape index (κ1) is 34.6. The Bertz CT molecular complexity index is 1560. The summed E-state index contributed by atoms with van der Waals surface area (Å²) in [5.41, 5.74) is 3.87. The lowest BCUT2D eigenvalue weighted by atomic mass is 9.85. The van der Waals surface area contributed by atoms with E-state index < -0.39 is 17.8 Å². The van der Waals surface area contributed by atoms with Gasteiger partial charge in [0, 0.05) is 55.8 Å². The van der Waals surface area contributed by atoms with Crippen LogP contribution in [0.5, 0.6) is 0 Å². The van der Waals surface area contributed by atoms with Gasteiger partial charge in [-0.2, -0.15) is 0 Å². The molecule has 11 nitrogen and oxygen atoms in total. The number of benzene rings is 3. The number of aliphatic hydroxyl groups is 1. The predicted octanol–water partition coefficient (Wildman–Crippen LogP) is 5.13. The van der Waals surface area contributed by atoms with Crippen molar-refractivity contribution in [3.63, 3.8) is 0 Å². The van der Waals surface area contributed by atoms with Crippen LogP contribution < -0.4 is 15.5 Å². The summed E-state index contributed by atoms with van der Waals surface area (Å²) in [7, 11) is 0. The average Bonchev–Trinajstić information content (AvgIpc) is 3.44. The maximum absolute atomic E-state index is 13.2. The SMILES string of the molecule is O=C(O)CCCCCC(=O)Nc1ccc(C2OC(CN3CCC4(CC3)C(=O)NCN4c3ccccc3)CC(c3ccc(CO)cc3)O2)cc1. The highest BCUT2D eigenvalue weighted by Crippen LogP contribution is 2.40. The fourth-order valence-electron chi connectivity index (χ4n) is 7.14. The van der Waals surface area contributed by atoms with E-state index in [1.54, 1.807) is 0 Å². The quantitative estimate of drug-likeness (QED) is 0.182. The molecule has 3 unspecified atom stereocenters. The second-order valence-corrected chi connectivity index (χ2v) is 13.2. The fraction of sp³-hybridized carbons (Fsp3) is 0.447. The van der Waals surface area contributed by atoms with Crippen molar-refractivity contribution in [3.05, 3.63) is 95.6 Å². The van der Waals surface area contributed by atoms with Crippen molar-refractivity contribution in [2.24, 2.45) is 0 Å². The van der Waals surface area contributed by atoms with E-state index in [1.807, 2.05) is 66.7 Å². The molecule has 3 aromatic carbocycles. The lowest BCUT2D eigenvalue weighted by molar-refractivity contribution is -0.253. The standard InChI is InChI=1S/C38H46N4O7/c43-25-27-11-13-28(14-12-27)33-23-32(24-41-21-19-38(20-22-41)37(47)39-26-42(38)31-7-3-1-4-8-31)48-36(49-33)29-15-17-30(18-16-29)40-34(44)9-5-2-6-10-35(45)46/h1,3-4,7-8,11-18,32-33,36,43H,2,5-6,9-10,19-26H2,(H,39,47)(H,40,44)(H,45,46). The molecule has 3 aliphatic rings. The van der Waals surface area contributed by atoms with E-state index >= 15 is 0 Å². The number of piperidine rings is 1. The Morgan fingerprint density at radius 1 is 0.878 bits per heavy atom. The molecule has 1 spiro atoms. The molecule has 0 bridgehead atoms. The largest absolute Gasteiger partial charge is 0.481 e. The highest BCUT2D eigenvalue weighted by atomic mass is 16.7. The number of amides is 2. The van der Waals surface area contributed by atoms with Crippen LogP contribution in [0.25, 0.3) is 0 Å². The van der Waals surface area contributed by atoms with Crippen LogP contribution in [-0.4, -0.2) is 70.8 Å². The summed E-state index contributed by atoms with van der Waals surface area (Å²) < 4.78 is 13.1. The normalized spacial score (nSPS) is 22.2. The third kappa shape index (κ3) is 8.48. The van der Waals surface area contributed by atoms with Gasteiger partial charge in [0.05, 0.1) is 25.5 Å². The number of likely N-dealkylation sites (tertiary alicyclic amines) is 1. The number of para-hydroxylation sites is 1. The van der Waals surface area contributed by atoms with Crippen molar-refractivity contribution in [2.75, 3.05) is 36.5 Å². The maximum Gasteiger partial charge on any atom is 0.303 e. The molecule has 0 aliphatic carbocycles. The fourth-order valence-corrected chi connectivity index (χ4v) is 7.14. The Morgan fingerprint density at radius 3 is 2.27 bits per heavy atom. The minimum atomic E-state index is -0.817. The van der Waals surface area contributed by atoms with Crippen LogP contribution in [0.1, 0.15) is 80.5 Å². The topological polar surface area (TPSA) is 141 Å². The third-order valence-electron chi connectivity index (χ3n) is 9.93. The van der Waals surface area contributed by atoms with Crippen LogP contribution in [0.4, 0.5) is 11.4 Å². The number of unbranched alkanes of at least 4 members (excludes halogenated alkanes) is 2. The first-order chi connectivity index (χ1) is 23.8. The highest BCUT2D eigenvalue weighted by molar-refractivity contribution is 5.93. The third-order valence-corrected chi connectivity index (χ3v) is 9.93. The number of hydrogen-bond acceptors (Lipinski definition) is 8. The van der Waals surface area contributed by atoms with Crippen molar-refractivity contribution in [1.29, 1.82) is 0 Å². The molecule has 3 aromatic rings. The number of hydrogen-bond donors (Lipinski definition) is 4. The molecule has 3 aliphatic heterocycles. The second kappa shape index (κ2) is 15.9. The molecule has 0 radical (unpaired) electrons. The zero-order chi connectivity index (χ0) is 34.2. The smallest absolute Gasteiger partial charge is 0.303 e. The van der Waals surface area contributed by atoms with Crippen molar-refractivity contribution in [2.45, 2.75) is 82.0 Å². The van der Waals surface area contributed by atoms with Gasteiger partial charge in [0.1, 0.15) is 5.54 Å². The van der Waals surface area contributed by atoms with E-state index in [4.69, 9.17) is 14.6 Å². The van der Waals surface area contributed by atoms with Gasteiger partial charge in [-0.25, -0.2) is 0 Å². The number of carboxylic acid groups (broad SMARTS) is 1. The van der Waals surface area contributed by atoms with Crippen molar-refractivity contribution in [3.8, 4) is 0 Å². The van der Waals surface area contributed by atoms with Crippen molar-refractivity contribution < 1.29 is 34.1 Å². The summed E-state index contributed by atoms with van der Waals surface area (Å²) >= 11 is 0. The Hall–Kier alpha value is -4.29. The summed E-state index contributed by atoms with van der Waals surface area (Å²) in [6.45, 7) is 2.73. The monoisotopic (exact) mass is 670 g/mol. The molecule has 3 heterocycles. The minimum absolute atomic E-state index is 0.0239. The van der Waals surface area contributed by atoms with Gasteiger partial charge in [-0.05, 0) is 61.1 Å². The van der Waals surface area contributed by atoms with E-state index in [2.05, 4.69) is 32.6 Å². The van der Waals surface area contributed by atoms with Gasteiger partial charge < -0.3 is 40.1 Å². The summed E-state index contributed by atoms with van der Waals surface area (Å²) in [5.74, 6) is -0.826. The first-order valence-electron chi connectivity index (χ1n) is 17.3. The van der Waals surface area contributed by atoms with Gasteiger partial charge in [0.15, 0.2) is 6.29 Å². The summed E-state index contributed by atoms with van der Waals surface area (Å²) in [6.07, 6.45) is 3.49. The van der Waals surface area contributed by atoms with Gasteiger partial charge in [-0.15, -0.1) is 0 Å². The number of aliphatic hydroxyl groups excluding tert-OH is 1. The number of carboxylic acids is 1. The molecular formula is C38H46N4O7. The lowest BCUT2D eigenvalue weighted by Crippen LogP contribution is -2.57. The van der Waals surface area contributed by atoms with Crippen LogP contribution in [-0.2, 0) is 30.5 Å². The molecule has 0 saturated carbocycles. The Balaban J connectivity index is 1.10. The van der Waals surface area contributed by atoms with E-state index in [0.29, 0.717) is 51.0 Å². The van der Waals surface area contributed by atoms with E-state index in [1.165, 1.54) is 0 Å². The van der Waals surface area contributed by atoms with Gasteiger partial charge >= 0.3 is 5.97 Å². The van der Waals surface area contributed by atoms with E-state index in [0.717, 1.165) is 48.3 Å². The first-order valence-corrected chi connectivity index (χ1v) is 17.3. The van der Waals surface area contributed by atoms with Gasteiger partial charge in [0.25, 0.3) is 0 Å². The molecule has 49 heavy (non-hydrogen) atoms. The molecule has 11 heteroatoms. The van der Waals surface area contributed by atoms with Crippen LogP contribution in [0.15, 0.2) is 78.9 Å². The summed E-state index contributed by atoms with van der Waals surface area (Å²) in [4.78, 5) is 40.9. The minimum Gasteiger partial charge on any atom is -0.481 e. The number of carbonyl (C=O) groups excluding carboxylic acids is 2. The zero-order valence-electron chi connectivity index (χ0n) is 27.8. The van der Waals surface area contributed by atoms with E-state index in [9.17, 15) is 19.5 Å². The van der Waals surface area contributed by atoms with Crippen LogP contribution in [0, 0.1) is 0 Å². The van der Waals surface area contributed by atoms with Crippen LogP contribution in [0.3, 0.4) is 0 Å². The Kier molecular flexibility index (Phi) is 11.3. The number of nitrogens with zero attached hydrogens (tertiary/aromatic N) is 2. The predicted molar refractivity (Wildman–Crippen MR) is 185 cm³/mol. The van der Waals surface area contributed by atoms with Gasteiger partial charge in [-0.1, -0.05) is 61.0 Å². The van der Waals surface area contributed by atoms with Gasteiger partial charge in [-0.3, -0.25) is 14.4 Å². The van der Waals surface area contributed by atoms with Crippen molar-refractivity contribution in [1.82, 2.24) is 10.2 Å². The van der Waals surface area contributed by atoms with Crippen LogP contribution >= 0.6 is 0 Å². The molecule has 3 atom stereocenters. The van der Waals surface area contributed by atoms with E-state index in [-0.39, 0.29) is 37.0 Å². The number of aliphatic carboxylic acids is 1. The Morgan fingerprint density at radius 2 is 1.57 bits per heavy atom. The number of rotatable bonds is 13. The maximum atomic E-state index is 13.2. The zero-order valence-corrected chi connectivity index (χ0v) is 27.8. The molecule has 2 amide bonds. The second-order valence-electron chi connectivity index (χ2n) is 13.2. The summed E-state index contributed by atoms with van der Waals surface area (Å²) in [5, 5.41) is 24.3. The van der Waals surface area contributed by atoms with Crippen LogP contribution in [0.2, 0.25) is 0 Å². The summed E-state index contributed by atoms with van der Waals surface area (Å²) in [6, 6.07) is 25.4. The molecule has 3 saturated heterocycles. The number of ether oxygens (including phenoxy) is 2. The highest BCUT2D eigenvalue weighted by Gasteiger charge is 2.50. The molecular weight excluding hydrogens is 624 g/mol. The number of anilines is 2. The molecule has 6 rings (SSSR count). The lowest BCUT2D eigenvalue weighted by Gasteiger charge is -2.45. The van der Waals surface area contributed by atoms with Gasteiger partial charge in [0.2, 0.25) is 11.8 Å². The average molecular weight is 671 g/mol. The molecule has 4 N–H and O–H groups in total. The molecule has 0 aromatic heterocycles. The molecule has 3 fully saturated rings. The Labute approximate surface area is 287 Å². The van der Waals surface area contributed by atoms with Crippen molar-refractivity contribution >= 4 is 29.2 Å². The number of carbonyl (C=O) groups is 3.